The average molecular weight is 579 g/mol. The topological polar surface area (TPSA) is 94.2 Å². The first-order chi connectivity index (χ1) is 18.3. The molecule has 0 saturated carbocycles. The first-order valence-electron chi connectivity index (χ1n) is 11.8. The lowest BCUT2D eigenvalue weighted by molar-refractivity contribution is -0.119. The molecule has 0 aromatic heterocycles. The van der Waals surface area contributed by atoms with E-state index in [0.717, 1.165) is 15.6 Å². The van der Waals surface area contributed by atoms with Crippen LogP contribution in [0, 0.1) is 0 Å². The maximum atomic E-state index is 13.7. The van der Waals surface area contributed by atoms with E-state index in [1.807, 2.05) is 31.2 Å². The van der Waals surface area contributed by atoms with Crippen LogP contribution < -0.4 is 23.8 Å². The molecule has 1 N–H and O–H groups in total. The Morgan fingerprint density at radius 1 is 0.974 bits per heavy atom. The number of rotatable bonds is 14. The molecule has 0 aliphatic heterocycles. The SMILES string of the molecule is CCOc1ccc(N(CC(=O)NCCSCc2ccc(Cl)cc2)S(=O)(=O)c2ccc(OC)c(OC)c2)cc1. The van der Waals surface area contributed by atoms with Crippen molar-refractivity contribution >= 4 is 45.0 Å². The van der Waals surface area contributed by atoms with Gasteiger partial charge in [-0.05, 0) is 61.0 Å². The molecule has 0 heterocycles. The van der Waals surface area contributed by atoms with Crippen molar-refractivity contribution in [3.63, 3.8) is 0 Å². The number of sulfonamides is 1. The molecular weight excluding hydrogens is 548 g/mol. The number of anilines is 1. The first kappa shape index (κ1) is 29.5. The molecule has 0 saturated heterocycles. The monoisotopic (exact) mass is 578 g/mol. The van der Waals surface area contributed by atoms with Gasteiger partial charge in [-0.2, -0.15) is 11.8 Å². The highest BCUT2D eigenvalue weighted by Crippen LogP contribution is 2.32. The number of methoxy groups -OCH3 is 2. The van der Waals surface area contributed by atoms with Crippen LogP contribution in [-0.2, 0) is 20.6 Å². The van der Waals surface area contributed by atoms with Gasteiger partial charge in [-0.25, -0.2) is 8.42 Å². The molecule has 1 amide bonds. The number of amides is 1. The summed E-state index contributed by atoms with van der Waals surface area (Å²) < 4.78 is 44.5. The number of hydrogen-bond donors (Lipinski definition) is 1. The lowest BCUT2D eigenvalue weighted by Crippen LogP contribution is -2.41. The van der Waals surface area contributed by atoms with Gasteiger partial charge in [0.1, 0.15) is 12.3 Å². The van der Waals surface area contributed by atoms with E-state index in [-0.39, 0.29) is 10.6 Å². The van der Waals surface area contributed by atoms with Gasteiger partial charge >= 0.3 is 0 Å². The van der Waals surface area contributed by atoms with Gasteiger partial charge in [0.25, 0.3) is 10.0 Å². The smallest absolute Gasteiger partial charge is 0.264 e. The summed E-state index contributed by atoms with van der Waals surface area (Å²) in [6.07, 6.45) is 0. The number of carbonyl (C=O) groups is 1. The third-order valence-corrected chi connectivity index (χ3v) is 8.47. The van der Waals surface area contributed by atoms with Gasteiger partial charge in [0.05, 0.1) is 31.4 Å². The first-order valence-corrected chi connectivity index (χ1v) is 14.8. The quantitative estimate of drug-likeness (QED) is 0.269. The molecule has 0 fully saturated rings. The van der Waals surface area contributed by atoms with Crippen LogP contribution in [0.15, 0.2) is 71.6 Å². The third kappa shape index (κ3) is 7.96. The summed E-state index contributed by atoms with van der Waals surface area (Å²) in [5, 5.41) is 3.50. The Morgan fingerprint density at radius 3 is 2.29 bits per heavy atom. The number of nitrogens with one attached hydrogen (secondary N) is 1. The number of benzene rings is 3. The van der Waals surface area contributed by atoms with Gasteiger partial charge in [-0.1, -0.05) is 23.7 Å². The number of nitrogens with zero attached hydrogens (tertiary/aromatic N) is 1. The van der Waals surface area contributed by atoms with Crippen LogP contribution in [0.3, 0.4) is 0 Å². The molecule has 0 aliphatic carbocycles. The largest absolute Gasteiger partial charge is 0.494 e. The molecule has 3 rings (SSSR count). The van der Waals surface area contributed by atoms with E-state index in [2.05, 4.69) is 5.32 Å². The van der Waals surface area contributed by atoms with Gasteiger partial charge in [-0.15, -0.1) is 0 Å². The molecule has 204 valence electrons. The van der Waals surface area contributed by atoms with Gasteiger partial charge in [0.2, 0.25) is 5.91 Å². The van der Waals surface area contributed by atoms with Crippen LogP contribution in [0.1, 0.15) is 12.5 Å². The zero-order valence-corrected chi connectivity index (χ0v) is 23.9. The normalized spacial score (nSPS) is 11.1. The van der Waals surface area contributed by atoms with Crippen molar-refractivity contribution in [2.45, 2.75) is 17.6 Å². The van der Waals surface area contributed by atoms with Crippen LogP contribution in [0.4, 0.5) is 5.69 Å². The summed E-state index contributed by atoms with van der Waals surface area (Å²) in [6.45, 7) is 2.34. The molecule has 0 unspecified atom stereocenters. The molecule has 3 aromatic carbocycles. The van der Waals surface area contributed by atoms with Gasteiger partial charge < -0.3 is 19.5 Å². The lowest BCUT2D eigenvalue weighted by Gasteiger charge is -2.24. The van der Waals surface area contributed by atoms with E-state index in [1.54, 1.807) is 36.0 Å². The zero-order chi connectivity index (χ0) is 27.5. The maximum Gasteiger partial charge on any atom is 0.264 e. The van der Waals surface area contributed by atoms with Crippen molar-refractivity contribution in [1.82, 2.24) is 5.32 Å². The number of hydrogen-bond acceptors (Lipinski definition) is 7. The zero-order valence-electron chi connectivity index (χ0n) is 21.5. The summed E-state index contributed by atoms with van der Waals surface area (Å²) in [5.41, 5.74) is 1.46. The predicted octanol–water partition coefficient (Wildman–Crippen LogP) is 5.00. The summed E-state index contributed by atoms with van der Waals surface area (Å²) in [6, 6.07) is 18.5. The minimum atomic E-state index is -4.13. The fourth-order valence-corrected chi connectivity index (χ4v) is 5.90. The highest BCUT2D eigenvalue weighted by molar-refractivity contribution is 7.98. The molecular formula is C27H31ClN2O6S2. The number of halogens is 1. The van der Waals surface area contributed by atoms with E-state index >= 15 is 0 Å². The lowest BCUT2D eigenvalue weighted by atomic mass is 10.2. The Bertz CT molecular complexity index is 1300. The molecule has 0 spiro atoms. The summed E-state index contributed by atoms with van der Waals surface area (Å²) in [4.78, 5) is 12.8. The van der Waals surface area contributed by atoms with E-state index in [4.69, 9.17) is 25.8 Å². The Hall–Kier alpha value is -3.08. The summed E-state index contributed by atoms with van der Waals surface area (Å²) in [7, 11) is -1.23. The van der Waals surface area contributed by atoms with E-state index in [0.29, 0.717) is 41.1 Å². The van der Waals surface area contributed by atoms with E-state index < -0.39 is 22.5 Å². The van der Waals surface area contributed by atoms with Crippen LogP contribution in [0.2, 0.25) is 5.02 Å². The minimum Gasteiger partial charge on any atom is -0.494 e. The molecule has 0 bridgehead atoms. The number of carbonyl (C=O) groups excluding carboxylic acids is 1. The summed E-state index contributed by atoms with van der Waals surface area (Å²) >= 11 is 7.57. The minimum absolute atomic E-state index is 0.0321. The van der Waals surface area contributed by atoms with Crippen molar-refractivity contribution < 1.29 is 27.4 Å². The van der Waals surface area contributed by atoms with Crippen molar-refractivity contribution in [2.75, 3.05) is 44.0 Å². The highest BCUT2D eigenvalue weighted by atomic mass is 35.5. The Morgan fingerprint density at radius 2 is 1.66 bits per heavy atom. The van der Waals surface area contributed by atoms with Gasteiger partial charge in [0, 0.05) is 29.1 Å². The van der Waals surface area contributed by atoms with Crippen LogP contribution in [0.5, 0.6) is 17.2 Å². The maximum absolute atomic E-state index is 13.7. The molecule has 0 atom stereocenters. The second-order valence-corrected chi connectivity index (χ2v) is 11.4. The molecule has 8 nitrogen and oxygen atoms in total. The highest BCUT2D eigenvalue weighted by Gasteiger charge is 2.28. The van der Waals surface area contributed by atoms with Crippen molar-refractivity contribution in [2.24, 2.45) is 0 Å². The van der Waals surface area contributed by atoms with Gasteiger partial charge in [0.15, 0.2) is 11.5 Å². The second-order valence-electron chi connectivity index (χ2n) is 7.98. The Labute approximate surface area is 233 Å². The van der Waals surface area contributed by atoms with Crippen molar-refractivity contribution in [1.29, 1.82) is 0 Å². The van der Waals surface area contributed by atoms with Crippen molar-refractivity contribution in [3.05, 3.63) is 77.3 Å². The molecule has 3 aromatic rings. The molecule has 11 heteroatoms. The van der Waals surface area contributed by atoms with Crippen LogP contribution >= 0.6 is 23.4 Å². The Balaban J connectivity index is 1.73. The Kier molecular flexibility index (Phi) is 11.0. The number of ether oxygens (including phenoxy) is 3. The predicted molar refractivity (Wildman–Crippen MR) is 152 cm³/mol. The fourth-order valence-electron chi connectivity index (χ4n) is 3.51. The third-order valence-electron chi connectivity index (χ3n) is 5.42. The average Bonchev–Trinajstić information content (AvgIpc) is 2.92. The van der Waals surface area contributed by atoms with Crippen LogP contribution in [0.25, 0.3) is 0 Å². The molecule has 38 heavy (non-hydrogen) atoms. The fraction of sp³-hybridized carbons (Fsp3) is 0.296. The summed E-state index contributed by atoms with van der Waals surface area (Å²) in [5.74, 6) is 2.28. The molecule has 0 radical (unpaired) electrons. The number of thioether (sulfide) groups is 1. The van der Waals surface area contributed by atoms with Crippen LogP contribution in [-0.4, -0.2) is 54.0 Å². The second kappa shape index (κ2) is 14.2. The van der Waals surface area contributed by atoms with E-state index in [9.17, 15) is 13.2 Å². The van der Waals surface area contributed by atoms with Crippen molar-refractivity contribution in [3.8, 4) is 17.2 Å². The molecule has 0 aliphatic rings. The van der Waals surface area contributed by atoms with Gasteiger partial charge in [-0.3, -0.25) is 9.10 Å². The van der Waals surface area contributed by atoms with E-state index in [1.165, 1.54) is 32.4 Å². The standard InChI is InChI=1S/C27H31ClN2O6S2/c1-4-36-23-11-9-22(10-12-23)30(38(32,33)24-13-14-25(34-2)26(17-24)35-3)18-27(31)29-15-16-37-19-20-5-7-21(28)8-6-20/h5-14,17H,4,15-16,18-19H2,1-3H3,(H,29,31).